The summed E-state index contributed by atoms with van der Waals surface area (Å²) in [6, 6.07) is 28.5. The molecule has 2 amide bonds. The van der Waals surface area contributed by atoms with Gasteiger partial charge < -0.3 is 48.8 Å². The molecule has 0 aliphatic carbocycles. The fourth-order valence-corrected chi connectivity index (χ4v) is 8.58. The number of nitrogens with zero attached hydrogens (tertiary/aromatic N) is 3. The zero-order valence-corrected chi connectivity index (χ0v) is 43.5. The van der Waals surface area contributed by atoms with Crippen LogP contribution >= 0.6 is 0 Å². The number of imidazole rings is 1. The number of fused-ring (bicyclic) bond motifs is 1. The second kappa shape index (κ2) is 31.1. The molecule has 0 aliphatic rings. The van der Waals surface area contributed by atoms with Crippen LogP contribution in [0.25, 0.3) is 10.9 Å². The topological polar surface area (TPSA) is 231 Å². The Morgan fingerprint density at radius 2 is 1.33 bits per heavy atom. The second-order valence-corrected chi connectivity index (χ2v) is 19.1. The van der Waals surface area contributed by atoms with E-state index in [1.54, 1.807) is 48.1 Å². The van der Waals surface area contributed by atoms with E-state index in [1.165, 1.54) is 13.3 Å². The first-order valence-electron chi connectivity index (χ1n) is 23.7. The van der Waals surface area contributed by atoms with Crippen LogP contribution in [0.3, 0.4) is 0 Å². The van der Waals surface area contributed by atoms with Gasteiger partial charge >= 0.3 is 12.1 Å². The Kier molecular flexibility index (Phi) is 24.4. The third-order valence-electron chi connectivity index (χ3n) is 10.8. The SMILES string of the molecule is COC(=O)C(CNC(=O)c1cn(C)c2cc(CNc3nccn3C)ccc2c1=O)NS(=O)c1ccc(C)cc1.Cc1ccc(S(=O)NCCCOCCOCCOCCCNC(=O)OCc2ccccc2)cc1. The number of ether oxygens (including phenoxy) is 5. The molecule has 21 heteroatoms. The highest BCUT2D eigenvalue weighted by Gasteiger charge is 2.24. The van der Waals surface area contributed by atoms with Gasteiger partial charge in [0.15, 0.2) is 0 Å². The van der Waals surface area contributed by atoms with E-state index in [1.807, 2.05) is 98.4 Å². The Balaban J connectivity index is 0.000000274. The maximum absolute atomic E-state index is 13.2. The largest absolute Gasteiger partial charge is 0.468 e. The summed E-state index contributed by atoms with van der Waals surface area (Å²) < 4.78 is 60.4. The van der Waals surface area contributed by atoms with Gasteiger partial charge in [-0.25, -0.2) is 27.6 Å². The molecular weight excluding hydrogens is 977 g/mol. The normalized spacial score (nSPS) is 12.2. The fourth-order valence-electron chi connectivity index (χ4n) is 6.75. The van der Waals surface area contributed by atoms with Gasteiger partial charge in [-0.1, -0.05) is 71.8 Å². The second-order valence-electron chi connectivity index (χ2n) is 16.5. The molecule has 5 N–H and O–H groups in total. The van der Waals surface area contributed by atoms with Crippen LogP contribution in [0.5, 0.6) is 0 Å². The van der Waals surface area contributed by atoms with Gasteiger partial charge in [-0.3, -0.25) is 14.4 Å². The van der Waals surface area contributed by atoms with E-state index in [0.717, 1.165) is 39.5 Å². The first kappa shape index (κ1) is 57.3. The van der Waals surface area contributed by atoms with Crippen LogP contribution < -0.4 is 30.8 Å². The van der Waals surface area contributed by atoms with Gasteiger partial charge in [-0.05, 0) is 74.2 Å². The standard InChI is InChI=1S/C27H30N6O5S.C25H36N2O6S/c1-17-5-8-19(9-6-17)39(37)31-22(26(36)38-4)15-29-25(35)21-16-33(3)23-13-18(7-10-20(23)24(21)34)14-30-27-28-11-12-32(27)2;1-22-9-11-24(12-10-22)34(29)27-14-6-16-31-18-20-32-19-17-30-15-5-13-26-25(28)33-21-23-7-3-2-4-8-23/h5-13,16,22,31H,14-15H2,1-4H3,(H,28,30)(H,29,35);2-4,7-12,27H,5-6,13-21H2,1H3,(H,26,28). The predicted molar refractivity (Wildman–Crippen MR) is 280 cm³/mol. The van der Waals surface area contributed by atoms with Gasteiger partial charge in [0.2, 0.25) is 11.4 Å². The number of esters is 1. The lowest BCUT2D eigenvalue weighted by Gasteiger charge is -2.17. The summed E-state index contributed by atoms with van der Waals surface area (Å²) in [5.41, 5.74) is 4.19. The summed E-state index contributed by atoms with van der Waals surface area (Å²) in [5, 5.41) is 8.92. The fraction of sp³-hybridized carbons (Fsp3) is 0.365. The highest BCUT2D eigenvalue weighted by Crippen LogP contribution is 2.16. The van der Waals surface area contributed by atoms with E-state index in [4.69, 9.17) is 23.7 Å². The van der Waals surface area contributed by atoms with E-state index in [9.17, 15) is 27.6 Å². The van der Waals surface area contributed by atoms with E-state index in [-0.39, 0.29) is 18.7 Å². The first-order chi connectivity index (χ1) is 35.3. The number of carbonyl (C=O) groups is 3. The molecule has 392 valence electrons. The van der Waals surface area contributed by atoms with Crippen molar-refractivity contribution in [2.24, 2.45) is 14.1 Å². The molecule has 2 heterocycles. The van der Waals surface area contributed by atoms with Crippen molar-refractivity contribution in [3.05, 3.63) is 154 Å². The summed E-state index contributed by atoms with van der Waals surface area (Å²) in [5.74, 6) is -0.637. The number of aromatic nitrogens is 3. The summed E-state index contributed by atoms with van der Waals surface area (Å²) >= 11 is 0. The van der Waals surface area contributed by atoms with Gasteiger partial charge in [0.05, 0.1) is 48.8 Å². The van der Waals surface area contributed by atoms with Crippen molar-refractivity contribution >= 4 is 56.8 Å². The highest BCUT2D eigenvalue weighted by molar-refractivity contribution is 7.83. The van der Waals surface area contributed by atoms with Crippen molar-refractivity contribution in [2.75, 3.05) is 71.7 Å². The molecule has 0 fully saturated rings. The maximum Gasteiger partial charge on any atom is 0.407 e. The molecule has 19 nitrogen and oxygen atoms in total. The molecule has 73 heavy (non-hydrogen) atoms. The molecule has 2 aromatic heterocycles. The number of pyridine rings is 1. The number of amides is 2. The van der Waals surface area contributed by atoms with Gasteiger partial charge in [-0.15, -0.1) is 0 Å². The molecule has 0 radical (unpaired) electrons. The molecule has 0 bridgehead atoms. The Morgan fingerprint density at radius 1 is 0.712 bits per heavy atom. The lowest BCUT2D eigenvalue weighted by Crippen LogP contribution is -2.47. The number of rotatable bonds is 28. The van der Waals surface area contributed by atoms with E-state index >= 15 is 0 Å². The van der Waals surface area contributed by atoms with Crippen molar-refractivity contribution < 1.29 is 46.5 Å². The number of methoxy groups -OCH3 is 1. The average Bonchev–Trinajstić information content (AvgIpc) is 3.82. The number of benzene rings is 4. The van der Waals surface area contributed by atoms with Crippen LogP contribution in [-0.4, -0.2) is 113 Å². The Labute approximate surface area is 430 Å². The van der Waals surface area contributed by atoms with E-state index < -0.39 is 51.4 Å². The summed E-state index contributed by atoms with van der Waals surface area (Å²) in [6.45, 7) is 8.67. The minimum atomic E-state index is -1.72. The minimum Gasteiger partial charge on any atom is -0.468 e. The molecular formula is C52H66N8O11S2. The summed E-state index contributed by atoms with van der Waals surface area (Å²) in [4.78, 5) is 55.6. The van der Waals surface area contributed by atoms with Crippen LogP contribution in [-0.2, 0) is 77.7 Å². The van der Waals surface area contributed by atoms with Crippen molar-refractivity contribution in [1.29, 1.82) is 0 Å². The smallest absolute Gasteiger partial charge is 0.407 e. The molecule has 3 atom stereocenters. The third-order valence-corrected chi connectivity index (χ3v) is 13.2. The van der Waals surface area contributed by atoms with Gasteiger partial charge in [0.25, 0.3) is 5.91 Å². The monoisotopic (exact) mass is 1040 g/mol. The molecule has 3 unspecified atom stereocenters. The molecule has 0 spiro atoms. The van der Waals surface area contributed by atoms with Gasteiger partial charge in [-0.2, -0.15) is 0 Å². The lowest BCUT2D eigenvalue weighted by atomic mass is 10.1. The molecule has 6 rings (SSSR count). The number of alkyl carbamates (subject to hydrolysis) is 1. The first-order valence-corrected chi connectivity index (χ1v) is 26.0. The lowest BCUT2D eigenvalue weighted by molar-refractivity contribution is -0.142. The van der Waals surface area contributed by atoms with Gasteiger partial charge in [0, 0.05) is 77.5 Å². The van der Waals surface area contributed by atoms with E-state index in [2.05, 4.69) is 30.4 Å². The minimum absolute atomic E-state index is 0.0767. The number of hydrogen-bond acceptors (Lipinski definition) is 13. The predicted octanol–water partition coefficient (Wildman–Crippen LogP) is 5.14. The summed E-state index contributed by atoms with van der Waals surface area (Å²) in [7, 11) is 1.92. The number of hydrogen-bond donors (Lipinski definition) is 5. The molecule has 4 aromatic carbocycles. The Bertz CT molecular complexity index is 2770. The number of aryl methyl sites for hydroxylation is 4. The number of carbonyl (C=O) groups excluding carboxylic acids is 3. The molecule has 0 saturated heterocycles. The van der Waals surface area contributed by atoms with Crippen LogP contribution in [0.1, 0.15) is 45.5 Å². The zero-order valence-electron chi connectivity index (χ0n) is 41.9. The Hall–Kier alpha value is -6.59. The molecule has 6 aromatic rings. The van der Waals surface area contributed by atoms with Crippen LogP contribution in [0.4, 0.5) is 10.7 Å². The van der Waals surface area contributed by atoms with E-state index in [0.29, 0.717) is 81.5 Å². The number of anilines is 1. The molecule has 0 saturated carbocycles. The van der Waals surface area contributed by atoms with Crippen molar-refractivity contribution in [1.82, 2.24) is 34.2 Å². The van der Waals surface area contributed by atoms with Gasteiger partial charge in [0.1, 0.15) is 40.2 Å². The Morgan fingerprint density at radius 3 is 1.95 bits per heavy atom. The quantitative estimate of drug-likeness (QED) is 0.0317. The summed E-state index contributed by atoms with van der Waals surface area (Å²) in [6.07, 6.45) is 6.04. The highest BCUT2D eigenvalue weighted by atomic mass is 32.2. The van der Waals surface area contributed by atoms with Crippen LogP contribution in [0.2, 0.25) is 0 Å². The zero-order chi connectivity index (χ0) is 52.4. The third kappa shape index (κ3) is 19.7. The number of nitrogens with one attached hydrogen (secondary N) is 5. The van der Waals surface area contributed by atoms with Crippen LogP contribution in [0.15, 0.2) is 130 Å². The van der Waals surface area contributed by atoms with Crippen molar-refractivity contribution in [3.63, 3.8) is 0 Å². The molecule has 0 aliphatic heterocycles. The van der Waals surface area contributed by atoms with Crippen molar-refractivity contribution in [3.8, 4) is 0 Å². The maximum atomic E-state index is 13.2. The van der Waals surface area contributed by atoms with Crippen molar-refractivity contribution in [2.45, 2.75) is 55.7 Å². The van der Waals surface area contributed by atoms with Crippen LogP contribution in [0, 0.1) is 13.8 Å². The average molecular weight is 1040 g/mol.